The molecule has 2 aromatic carbocycles. The lowest BCUT2D eigenvalue weighted by molar-refractivity contribution is 0.292. The Kier molecular flexibility index (Phi) is 4.87. The van der Waals surface area contributed by atoms with Crippen LogP contribution >= 0.6 is 0 Å². The SMILES string of the molecule is Cc1c(C2CO2)cc(OCc2ccc(F)cc2F)c(=O)n1-c1c(F)cccc1F. The van der Waals surface area contributed by atoms with Gasteiger partial charge >= 0.3 is 0 Å². The quantitative estimate of drug-likeness (QED) is 0.468. The van der Waals surface area contributed by atoms with Crippen molar-refractivity contribution in [3.63, 3.8) is 0 Å². The third kappa shape index (κ3) is 3.63. The monoisotopic (exact) mass is 405 g/mol. The fraction of sp³-hybridized carbons (Fsp3) is 0.190. The molecular formula is C21H15F4NO3. The van der Waals surface area contributed by atoms with E-state index >= 15 is 0 Å². The molecule has 0 radical (unpaired) electrons. The number of benzene rings is 2. The van der Waals surface area contributed by atoms with Crippen LogP contribution in [0.25, 0.3) is 5.69 Å². The molecule has 1 atom stereocenters. The topological polar surface area (TPSA) is 43.8 Å². The molecular weight excluding hydrogens is 390 g/mol. The van der Waals surface area contributed by atoms with Gasteiger partial charge in [0.25, 0.3) is 5.56 Å². The van der Waals surface area contributed by atoms with Crippen molar-refractivity contribution < 1.29 is 27.0 Å². The van der Waals surface area contributed by atoms with Gasteiger partial charge in [0.2, 0.25) is 0 Å². The minimum Gasteiger partial charge on any atom is -0.483 e. The molecule has 0 amide bonds. The first-order valence-corrected chi connectivity index (χ1v) is 8.76. The minimum absolute atomic E-state index is 0.0271. The molecule has 1 fully saturated rings. The number of rotatable bonds is 5. The zero-order valence-corrected chi connectivity index (χ0v) is 15.2. The van der Waals surface area contributed by atoms with Crippen LogP contribution in [0.5, 0.6) is 5.75 Å². The van der Waals surface area contributed by atoms with E-state index in [0.717, 1.165) is 22.8 Å². The van der Waals surface area contributed by atoms with Crippen LogP contribution in [0.2, 0.25) is 0 Å². The van der Waals surface area contributed by atoms with Crippen molar-refractivity contribution in [2.45, 2.75) is 19.6 Å². The molecule has 4 rings (SSSR count). The second-order valence-corrected chi connectivity index (χ2v) is 6.61. The molecule has 1 aromatic heterocycles. The zero-order valence-electron chi connectivity index (χ0n) is 15.2. The number of halogens is 4. The standard InChI is InChI=1S/C21H15F4NO3/c1-11-14(19-10-29-19)8-18(28-9-12-5-6-13(22)7-17(12)25)21(27)26(11)20-15(23)3-2-4-16(20)24/h2-8,19H,9-10H2,1H3. The van der Waals surface area contributed by atoms with Gasteiger partial charge in [0.05, 0.1) is 6.61 Å². The van der Waals surface area contributed by atoms with Gasteiger partial charge in [-0.05, 0) is 37.3 Å². The fourth-order valence-electron chi connectivity index (χ4n) is 3.12. The van der Waals surface area contributed by atoms with E-state index in [1.807, 2.05) is 0 Å². The van der Waals surface area contributed by atoms with E-state index in [1.54, 1.807) is 6.92 Å². The Hall–Kier alpha value is -3.13. The highest BCUT2D eigenvalue weighted by molar-refractivity contribution is 5.43. The molecule has 8 heteroatoms. The van der Waals surface area contributed by atoms with Crippen LogP contribution in [0.1, 0.15) is 22.9 Å². The Labute approximate surface area is 162 Å². The number of nitrogens with zero attached hydrogens (tertiary/aromatic N) is 1. The molecule has 4 nitrogen and oxygen atoms in total. The molecule has 150 valence electrons. The minimum atomic E-state index is -0.917. The van der Waals surface area contributed by atoms with Crippen molar-refractivity contribution in [3.05, 3.63) is 92.9 Å². The highest BCUT2D eigenvalue weighted by Gasteiger charge is 2.30. The third-order valence-electron chi connectivity index (χ3n) is 4.69. The molecule has 0 aliphatic carbocycles. The summed E-state index contributed by atoms with van der Waals surface area (Å²) in [5, 5.41) is 0. The highest BCUT2D eigenvalue weighted by atomic mass is 19.1. The fourth-order valence-corrected chi connectivity index (χ4v) is 3.12. The molecule has 29 heavy (non-hydrogen) atoms. The van der Waals surface area contributed by atoms with E-state index in [9.17, 15) is 22.4 Å². The van der Waals surface area contributed by atoms with Crippen LogP contribution in [-0.4, -0.2) is 11.2 Å². The average molecular weight is 405 g/mol. The number of pyridine rings is 1. The number of aromatic nitrogens is 1. The lowest BCUT2D eigenvalue weighted by Crippen LogP contribution is -2.25. The van der Waals surface area contributed by atoms with E-state index in [-0.39, 0.29) is 24.0 Å². The van der Waals surface area contributed by atoms with E-state index in [2.05, 4.69) is 0 Å². The second kappa shape index (κ2) is 7.36. The first-order valence-electron chi connectivity index (χ1n) is 8.76. The van der Waals surface area contributed by atoms with E-state index in [1.165, 1.54) is 18.2 Å². The molecule has 1 unspecified atom stereocenters. The average Bonchev–Trinajstić information content (AvgIpc) is 3.50. The summed E-state index contributed by atoms with van der Waals surface area (Å²) in [6.07, 6.45) is -0.332. The second-order valence-electron chi connectivity index (χ2n) is 6.61. The van der Waals surface area contributed by atoms with Gasteiger partial charge in [0.1, 0.15) is 41.7 Å². The Morgan fingerprint density at radius 1 is 1.07 bits per heavy atom. The first-order chi connectivity index (χ1) is 13.9. The van der Waals surface area contributed by atoms with Crippen molar-refractivity contribution in [1.82, 2.24) is 4.57 Å². The molecule has 1 saturated heterocycles. The third-order valence-corrected chi connectivity index (χ3v) is 4.69. The van der Waals surface area contributed by atoms with E-state index in [4.69, 9.17) is 9.47 Å². The summed E-state index contributed by atoms with van der Waals surface area (Å²) in [5.74, 6) is -3.64. The van der Waals surface area contributed by atoms with Gasteiger partial charge in [-0.3, -0.25) is 9.36 Å². The van der Waals surface area contributed by atoms with Gasteiger partial charge in [-0.2, -0.15) is 0 Å². The molecule has 3 aromatic rings. The van der Waals surface area contributed by atoms with Crippen LogP contribution in [0.15, 0.2) is 47.3 Å². The van der Waals surface area contributed by atoms with E-state index < -0.39 is 34.5 Å². The van der Waals surface area contributed by atoms with Gasteiger partial charge in [-0.25, -0.2) is 17.6 Å². The number of epoxide rings is 1. The summed E-state index contributed by atoms with van der Waals surface area (Å²) >= 11 is 0. The lowest BCUT2D eigenvalue weighted by Gasteiger charge is -2.17. The van der Waals surface area contributed by atoms with Crippen LogP contribution in [0.4, 0.5) is 17.6 Å². The Balaban J connectivity index is 1.81. The smallest absolute Gasteiger partial charge is 0.297 e. The maximum Gasteiger partial charge on any atom is 0.297 e. The van der Waals surface area contributed by atoms with Crippen molar-refractivity contribution >= 4 is 0 Å². The van der Waals surface area contributed by atoms with Gasteiger partial charge in [-0.1, -0.05) is 6.07 Å². The van der Waals surface area contributed by atoms with Crippen LogP contribution in [-0.2, 0) is 11.3 Å². The van der Waals surface area contributed by atoms with Gasteiger partial charge < -0.3 is 9.47 Å². The molecule has 0 saturated carbocycles. The molecule has 1 aliphatic rings. The number of para-hydroxylation sites is 1. The Morgan fingerprint density at radius 3 is 2.38 bits per heavy atom. The Morgan fingerprint density at radius 2 is 1.76 bits per heavy atom. The summed E-state index contributed by atoms with van der Waals surface area (Å²) in [6, 6.07) is 7.65. The summed E-state index contributed by atoms with van der Waals surface area (Å²) in [7, 11) is 0. The predicted molar refractivity (Wildman–Crippen MR) is 96.1 cm³/mol. The molecule has 0 spiro atoms. The van der Waals surface area contributed by atoms with Crippen molar-refractivity contribution in [1.29, 1.82) is 0 Å². The zero-order chi connectivity index (χ0) is 20.7. The normalized spacial score (nSPS) is 15.4. The largest absolute Gasteiger partial charge is 0.483 e. The maximum atomic E-state index is 14.4. The van der Waals surface area contributed by atoms with Crippen LogP contribution in [0.3, 0.4) is 0 Å². The number of ether oxygens (including phenoxy) is 2. The van der Waals surface area contributed by atoms with Crippen molar-refractivity contribution in [2.24, 2.45) is 0 Å². The summed E-state index contributed by atoms with van der Waals surface area (Å²) in [5.41, 5.74) is -0.475. The van der Waals surface area contributed by atoms with Gasteiger partial charge in [0.15, 0.2) is 5.75 Å². The molecule has 0 bridgehead atoms. The Bertz CT molecular complexity index is 1140. The maximum absolute atomic E-state index is 14.4. The molecule has 1 aliphatic heterocycles. The summed E-state index contributed by atoms with van der Waals surface area (Å²) in [6.45, 7) is 1.58. The van der Waals surface area contributed by atoms with Crippen molar-refractivity contribution in [2.75, 3.05) is 6.61 Å². The molecule has 2 heterocycles. The first kappa shape index (κ1) is 19.2. The highest BCUT2D eigenvalue weighted by Crippen LogP contribution is 2.34. The summed E-state index contributed by atoms with van der Waals surface area (Å²) in [4.78, 5) is 13.0. The van der Waals surface area contributed by atoms with Crippen LogP contribution < -0.4 is 10.3 Å². The summed E-state index contributed by atoms with van der Waals surface area (Å²) < 4.78 is 67.3. The number of hydrogen-bond acceptors (Lipinski definition) is 3. The van der Waals surface area contributed by atoms with E-state index in [0.29, 0.717) is 23.9 Å². The molecule has 0 N–H and O–H groups in total. The number of hydrogen-bond donors (Lipinski definition) is 0. The predicted octanol–water partition coefficient (Wildman–Crippen LogP) is 4.35. The van der Waals surface area contributed by atoms with Gasteiger partial charge in [-0.15, -0.1) is 0 Å². The van der Waals surface area contributed by atoms with Crippen LogP contribution in [0, 0.1) is 30.2 Å². The van der Waals surface area contributed by atoms with Crippen molar-refractivity contribution in [3.8, 4) is 11.4 Å². The van der Waals surface area contributed by atoms with Gasteiger partial charge in [0, 0.05) is 22.9 Å². The lowest BCUT2D eigenvalue weighted by atomic mass is 10.1.